The fourth-order valence-corrected chi connectivity index (χ4v) is 2.80. The normalized spacial score (nSPS) is 18.7. The number of aromatic nitrogens is 4. The quantitative estimate of drug-likeness (QED) is 0.915. The van der Waals surface area contributed by atoms with Crippen LogP contribution in [0.15, 0.2) is 18.3 Å². The largest absolute Gasteiger partial charge is 0.340 e. The Morgan fingerprint density at radius 1 is 1.50 bits per heavy atom. The lowest BCUT2D eigenvalue weighted by atomic mass is 10.1. The number of rotatable bonds is 3. The summed E-state index contributed by atoms with van der Waals surface area (Å²) >= 11 is 0. The highest BCUT2D eigenvalue weighted by molar-refractivity contribution is 5.76. The number of carbonyl (C=O) groups is 1. The molecule has 6 nitrogen and oxygen atoms in total. The molecule has 0 radical (unpaired) electrons. The molecule has 1 atom stereocenters. The van der Waals surface area contributed by atoms with Gasteiger partial charge in [-0.3, -0.25) is 14.6 Å². The summed E-state index contributed by atoms with van der Waals surface area (Å²) < 4.78 is 1.78. The number of carbonyl (C=O) groups excluding carboxylic acids is 1. The predicted molar refractivity (Wildman–Crippen MR) is 74.2 cm³/mol. The average molecular weight is 273 g/mol. The molecule has 0 aromatic carbocycles. The van der Waals surface area contributed by atoms with Gasteiger partial charge in [0.25, 0.3) is 0 Å². The van der Waals surface area contributed by atoms with Gasteiger partial charge in [-0.1, -0.05) is 0 Å². The van der Waals surface area contributed by atoms with Crippen molar-refractivity contribution in [3.8, 4) is 0 Å². The summed E-state index contributed by atoms with van der Waals surface area (Å²) in [5.74, 6) is 0.514. The van der Waals surface area contributed by atoms with E-state index in [0.29, 0.717) is 12.5 Å². The second kappa shape index (κ2) is 5.11. The summed E-state index contributed by atoms with van der Waals surface area (Å²) in [6, 6.07) is 3.98. The van der Waals surface area contributed by atoms with Gasteiger partial charge in [0, 0.05) is 36.6 Å². The van der Waals surface area contributed by atoms with Gasteiger partial charge >= 0.3 is 0 Å². The molecular formula is C14H19N5O. The van der Waals surface area contributed by atoms with E-state index in [0.717, 1.165) is 36.6 Å². The third-order valence-corrected chi connectivity index (χ3v) is 3.89. The smallest absolute Gasteiger partial charge is 0.244 e. The molecule has 1 fully saturated rings. The number of H-pyrrole nitrogens is 1. The molecule has 0 unspecified atom stereocenters. The number of nitrogens with zero attached hydrogens (tertiary/aromatic N) is 4. The molecule has 3 heterocycles. The molecule has 3 rings (SSSR count). The van der Waals surface area contributed by atoms with E-state index in [4.69, 9.17) is 0 Å². The molecule has 0 saturated carbocycles. The predicted octanol–water partition coefficient (Wildman–Crippen LogP) is 1.24. The summed E-state index contributed by atoms with van der Waals surface area (Å²) in [7, 11) is 0. The van der Waals surface area contributed by atoms with Gasteiger partial charge in [0.1, 0.15) is 6.54 Å². The second-order valence-corrected chi connectivity index (χ2v) is 5.42. The standard InChI is InChI=1S/C14H19N5O/c1-10-7-11(2)19(17-10)9-14(20)18-6-4-12(8-18)13-3-5-15-16-13/h3,5,7,12H,4,6,8-9H2,1-2H3,(H,15,16)/t12-/m1/s1. The first-order valence-electron chi connectivity index (χ1n) is 6.91. The van der Waals surface area contributed by atoms with Crippen molar-refractivity contribution in [2.75, 3.05) is 13.1 Å². The van der Waals surface area contributed by atoms with Crippen LogP contribution in [0.5, 0.6) is 0 Å². The fraction of sp³-hybridized carbons (Fsp3) is 0.500. The fourth-order valence-electron chi connectivity index (χ4n) is 2.80. The number of aromatic amines is 1. The Kier molecular flexibility index (Phi) is 3.30. The third kappa shape index (κ3) is 2.45. The van der Waals surface area contributed by atoms with E-state index in [9.17, 15) is 4.79 Å². The molecule has 0 bridgehead atoms. The maximum Gasteiger partial charge on any atom is 0.244 e. The van der Waals surface area contributed by atoms with Crippen LogP contribution in [0.3, 0.4) is 0 Å². The maximum absolute atomic E-state index is 12.3. The van der Waals surface area contributed by atoms with Gasteiger partial charge in [-0.25, -0.2) is 0 Å². The van der Waals surface area contributed by atoms with Crippen LogP contribution in [0.25, 0.3) is 0 Å². The van der Waals surface area contributed by atoms with E-state index in [-0.39, 0.29) is 5.91 Å². The molecular weight excluding hydrogens is 254 g/mol. The summed E-state index contributed by atoms with van der Waals surface area (Å²) in [5.41, 5.74) is 3.10. The van der Waals surface area contributed by atoms with Crippen molar-refractivity contribution in [3.05, 3.63) is 35.4 Å². The maximum atomic E-state index is 12.3. The molecule has 2 aromatic heterocycles. The van der Waals surface area contributed by atoms with Gasteiger partial charge in [0.2, 0.25) is 5.91 Å². The number of hydrogen-bond acceptors (Lipinski definition) is 3. The van der Waals surface area contributed by atoms with Gasteiger partial charge in [-0.2, -0.15) is 10.2 Å². The van der Waals surface area contributed by atoms with Crippen molar-refractivity contribution >= 4 is 5.91 Å². The first-order valence-corrected chi connectivity index (χ1v) is 6.91. The van der Waals surface area contributed by atoms with E-state index in [1.807, 2.05) is 30.9 Å². The molecule has 1 saturated heterocycles. The summed E-state index contributed by atoms with van der Waals surface area (Å²) in [5, 5.41) is 11.3. The minimum Gasteiger partial charge on any atom is -0.340 e. The Labute approximate surface area is 117 Å². The lowest BCUT2D eigenvalue weighted by Crippen LogP contribution is -2.32. The number of amides is 1. The summed E-state index contributed by atoms with van der Waals surface area (Å²) in [6.45, 7) is 5.82. The van der Waals surface area contributed by atoms with Gasteiger partial charge in [-0.05, 0) is 32.4 Å². The number of aryl methyl sites for hydroxylation is 2. The zero-order valence-corrected chi connectivity index (χ0v) is 11.8. The topological polar surface area (TPSA) is 66.8 Å². The van der Waals surface area contributed by atoms with E-state index in [2.05, 4.69) is 15.3 Å². The molecule has 1 aliphatic heterocycles. The molecule has 106 valence electrons. The van der Waals surface area contributed by atoms with Gasteiger partial charge in [-0.15, -0.1) is 0 Å². The SMILES string of the molecule is Cc1cc(C)n(CC(=O)N2CC[C@@H](c3ccn[nH]3)C2)n1. The number of likely N-dealkylation sites (tertiary alicyclic amines) is 1. The van der Waals surface area contributed by atoms with E-state index >= 15 is 0 Å². The Hall–Kier alpha value is -2.11. The lowest BCUT2D eigenvalue weighted by Gasteiger charge is -2.16. The van der Waals surface area contributed by atoms with Crippen LogP contribution >= 0.6 is 0 Å². The minimum absolute atomic E-state index is 0.137. The molecule has 1 N–H and O–H groups in total. The van der Waals surface area contributed by atoms with Gasteiger partial charge < -0.3 is 4.90 Å². The highest BCUT2D eigenvalue weighted by Crippen LogP contribution is 2.25. The number of nitrogens with one attached hydrogen (secondary N) is 1. The zero-order chi connectivity index (χ0) is 14.1. The minimum atomic E-state index is 0.137. The van der Waals surface area contributed by atoms with Crippen LogP contribution in [0.1, 0.15) is 29.4 Å². The van der Waals surface area contributed by atoms with Crippen LogP contribution < -0.4 is 0 Å². The molecule has 1 amide bonds. The van der Waals surface area contributed by atoms with Crippen molar-refractivity contribution < 1.29 is 4.79 Å². The zero-order valence-electron chi connectivity index (χ0n) is 11.8. The average Bonchev–Trinajstić information content (AvgIpc) is 3.11. The van der Waals surface area contributed by atoms with Crippen molar-refractivity contribution in [3.63, 3.8) is 0 Å². The van der Waals surface area contributed by atoms with Crippen molar-refractivity contribution in [2.45, 2.75) is 32.7 Å². The molecule has 0 aliphatic carbocycles. The number of hydrogen-bond donors (Lipinski definition) is 1. The highest BCUT2D eigenvalue weighted by atomic mass is 16.2. The highest BCUT2D eigenvalue weighted by Gasteiger charge is 2.28. The molecule has 6 heteroatoms. The summed E-state index contributed by atoms with van der Waals surface area (Å²) in [4.78, 5) is 14.2. The molecule has 1 aliphatic rings. The Bertz CT molecular complexity index is 601. The Morgan fingerprint density at radius 2 is 2.35 bits per heavy atom. The van der Waals surface area contributed by atoms with Crippen molar-refractivity contribution in [1.82, 2.24) is 24.9 Å². The molecule has 0 spiro atoms. The van der Waals surface area contributed by atoms with Crippen LogP contribution in [-0.2, 0) is 11.3 Å². The van der Waals surface area contributed by atoms with Crippen LogP contribution in [0.2, 0.25) is 0 Å². The first kappa shape index (κ1) is 12.9. The van der Waals surface area contributed by atoms with Crippen LogP contribution in [-0.4, -0.2) is 43.9 Å². The van der Waals surface area contributed by atoms with E-state index in [1.165, 1.54) is 0 Å². The van der Waals surface area contributed by atoms with Crippen molar-refractivity contribution in [1.29, 1.82) is 0 Å². The van der Waals surface area contributed by atoms with Crippen molar-refractivity contribution in [2.24, 2.45) is 0 Å². The monoisotopic (exact) mass is 273 g/mol. The van der Waals surface area contributed by atoms with Crippen LogP contribution in [0.4, 0.5) is 0 Å². The third-order valence-electron chi connectivity index (χ3n) is 3.89. The second-order valence-electron chi connectivity index (χ2n) is 5.42. The molecule has 20 heavy (non-hydrogen) atoms. The van der Waals surface area contributed by atoms with E-state index < -0.39 is 0 Å². The summed E-state index contributed by atoms with van der Waals surface area (Å²) in [6.07, 6.45) is 2.75. The molecule has 2 aromatic rings. The van der Waals surface area contributed by atoms with Gasteiger partial charge in [0.15, 0.2) is 0 Å². The van der Waals surface area contributed by atoms with Crippen LogP contribution in [0, 0.1) is 13.8 Å². The first-order chi connectivity index (χ1) is 9.63. The Morgan fingerprint density at radius 3 is 3.00 bits per heavy atom. The Balaban J connectivity index is 1.63. The van der Waals surface area contributed by atoms with Gasteiger partial charge in [0.05, 0.1) is 5.69 Å². The van der Waals surface area contributed by atoms with E-state index in [1.54, 1.807) is 10.9 Å². The lowest BCUT2D eigenvalue weighted by molar-refractivity contribution is -0.131.